The Morgan fingerprint density at radius 2 is 1.71 bits per heavy atom. The zero-order valence-corrected chi connectivity index (χ0v) is 16.8. The Morgan fingerprint density at radius 3 is 2.36 bits per heavy atom. The van der Waals surface area contributed by atoms with E-state index in [4.69, 9.17) is 0 Å². The first-order valence-electron chi connectivity index (χ1n) is 9.36. The maximum atomic E-state index is 13.1. The number of hydrogen-bond donors (Lipinski definition) is 1. The topological polar surface area (TPSA) is 78.8 Å². The lowest BCUT2D eigenvalue weighted by molar-refractivity contribution is -0.115. The Kier molecular flexibility index (Phi) is 4.59. The number of aliphatic imine (C=N–C) groups is 1. The molecule has 2 aliphatic heterocycles. The maximum absolute atomic E-state index is 13.1. The van der Waals surface area contributed by atoms with Crippen LogP contribution in [0.5, 0.6) is 0 Å². The fourth-order valence-corrected chi connectivity index (χ4v) is 5.56. The van der Waals surface area contributed by atoms with E-state index >= 15 is 0 Å². The Labute approximate surface area is 165 Å². The number of carbonyl (C=O) groups excluding carboxylic acids is 1. The number of amides is 1. The van der Waals surface area contributed by atoms with Crippen molar-refractivity contribution in [3.63, 3.8) is 0 Å². The van der Waals surface area contributed by atoms with Crippen molar-refractivity contribution in [3.05, 3.63) is 65.2 Å². The van der Waals surface area contributed by atoms with Crippen LogP contribution >= 0.6 is 0 Å². The Morgan fingerprint density at radius 1 is 1.04 bits per heavy atom. The summed E-state index contributed by atoms with van der Waals surface area (Å²) in [6.45, 7) is 4.40. The minimum absolute atomic E-state index is 0.197. The van der Waals surface area contributed by atoms with E-state index in [0.29, 0.717) is 36.5 Å². The third-order valence-corrected chi connectivity index (χ3v) is 7.49. The minimum atomic E-state index is -3.56. The fourth-order valence-electron chi connectivity index (χ4n) is 3.92. The molecule has 1 spiro atoms. The molecule has 0 atom stereocenters. The van der Waals surface area contributed by atoms with Gasteiger partial charge in [0.2, 0.25) is 10.0 Å². The van der Waals surface area contributed by atoms with Crippen LogP contribution < -0.4 is 5.32 Å². The molecule has 1 amide bonds. The molecule has 28 heavy (non-hydrogen) atoms. The van der Waals surface area contributed by atoms with E-state index in [2.05, 4.69) is 10.3 Å². The van der Waals surface area contributed by atoms with E-state index < -0.39 is 15.7 Å². The van der Waals surface area contributed by atoms with Crippen LogP contribution in [0.3, 0.4) is 0 Å². The molecular formula is C21H23N3O3S. The number of carbonyl (C=O) groups is 1. The van der Waals surface area contributed by atoms with Gasteiger partial charge in [0.25, 0.3) is 5.91 Å². The van der Waals surface area contributed by atoms with Crippen LogP contribution in [0.15, 0.2) is 58.4 Å². The van der Waals surface area contributed by atoms with Crippen molar-refractivity contribution in [2.45, 2.75) is 37.2 Å². The molecule has 0 saturated carbocycles. The summed E-state index contributed by atoms with van der Waals surface area (Å²) in [6, 6.07) is 14.7. The molecule has 146 valence electrons. The van der Waals surface area contributed by atoms with Gasteiger partial charge in [0.15, 0.2) is 0 Å². The molecule has 2 aromatic carbocycles. The molecular weight excluding hydrogens is 374 g/mol. The summed E-state index contributed by atoms with van der Waals surface area (Å²) in [5.41, 5.74) is 2.27. The second-order valence-corrected chi connectivity index (χ2v) is 9.39. The molecule has 0 radical (unpaired) electrons. The second-order valence-electron chi connectivity index (χ2n) is 7.49. The first kappa shape index (κ1) is 18.8. The number of sulfonamides is 1. The van der Waals surface area contributed by atoms with Crippen LogP contribution in [0.2, 0.25) is 0 Å². The predicted molar refractivity (Wildman–Crippen MR) is 108 cm³/mol. The van der Waals surface area contributed by atoms with Crippen molar-refractivity contribution in [1.82, 2.24) is 9.62 Å². The van der Waals surface area contributed by atoms with Gasteiger partial charge >= 0.3 is 0 Å². The van der Waals surface area contributed by atoms with Crippen LogP contribution in [-0.4, -0.2) is 43.1 Å². The van der Waals surface area contributed by atoms with Gasteiger partial charge in [-0.2, -0.15) is 4.31 Å². The molecule has 2 heterocycles. The van der Waals surface area contributed by atoms with E-state index in [0.717, 1.165) is 16.7 Å². The van der Waals surface area contributed by atoms with E-state index in [1.807, 2.05) is 56.3 Å². The summed E-state index contributed by atoms with van der Waals surface area (Å²) in [7, 11) is -3.56. The first-order valence-corrected chi connectivity index (χ1v) is 10.8. The lowest BCUT2D eigenvalue weighted by Crippen LogP contribution is -2.52. The summed E-state index contributed by atoms with van der Waals surface area (Å²) >= 11 is 0. The Bertz CT molecular complexity index is 1050. The largest absolute Gasteiger partial charge is 0.326 e. The van der Waals surface area contributed by atoms with Gasteiger partial charge in [0.05, 0.1) is 4.90 Å². The average Bonchev–Trinajstić information content (AvgIpc) is 2.98. The standard InChI is InChI=1S/C21H23N3O3S/c1-15-8-9-18(16(2)14-15)28(26,27)24-12-10-21(11-13-24)22-19(20(25)23-21)17-6-4-3-5-7-17/h3-9,14H,10-13H2,1-2H3,(H,23,25). The number of nitrogens with zero attached hydrogens (tertiary/aromatic N) is 2. The zero-order chi connectivity index (χ0) is 19.9. The van der Waals surface area contributed by atoms with Gasteiger partial charge in [-0.25, -0.2) is 8.42 Å². The van der Waals surface area contributed by atoms with E-state index in [9.17, 15) is 13.2 Å². The van der Waals surface area contributed by atoms with Gasteiger partial charge in [0.1, 0.15) is 11.4 Å². The number of rotatable bonds is 3. The van der Waals surface area contributed by atoms with E-state index in [-0.39, 0.29) is 5.91 Å². The van der Waals surface area contributed by atoms with Crippen molar-refractivity contribution >= 4 is 21.6 Å². The van der Waals surface area contributed by atoms with Gasteiger partial charge in [-0.15, -0.1) is 0 Å². The number of nitrogens with one attached hydrogen (secondary N) is 1. The molecule has 0 unspecified atom stereocenters. The van der Waals surface area contributed by atoms with Crippen LogP contribution in [0, 0.1) is 13.8 Å². The van der Waals surface area contributed by atoms with Gasteiger partial charge < -0.3 is 5.32 Å². The summed E-state index contributed by atoms with van der Waals surface area (Å²) < 4.78 is 27.6. The highest BCUT2D eigenvalue weighted by Crippen LogP contribution is 2.32. The van der Waals surface area contributed by atoms with E-state index in [1.54, 1.807) is 6.07 Å². The minimum Gasteiger partial charge on any atom is -0.326 e. The van der Waals surface area contributed by atoms with Crippen LogP contribution in [0.25, 0.3) is 0 Å². The summed E-state index contributed by atoms with van der Waals surface area (Å²) in [4.78, 5) is 17.5. The molecule has 0 bridgehead atoms. The molecule has 6 nitrogen and oxygen atoms in total. The van der Waals surface area contributed by atoms with E-state index in [1.165, 1.54) is 4.31 Å². The van der Waals surface area contributed by atoms with Crippen LogP contribution in [0.1, 0.15) is 29.5 Å². The SMILES string of the molecule is Cc1ccc(S(=O)(=O)N2CCC3(CC2)N=C(c2ccccc2)C(=O)N3)c(C)c1. The monoisotopic (exact) mass is 397 g/mol. The molecule has 0 aliphatic carbocycles. The number of piperidine rings is 1. The summed E-state index contributed by atoms with van der Waals surface area (Å²) in [5.74, 6) is -0.197. The van der Waals surface area contributed by atoms with Gasteiger partial charge in [-0.05, 0) is 25.5 Å². The van der Waals surface area contributed by atoms with Gasteiger partial charge in [-0.3, -0.25) is 9.79 Å². The Balaban J connectivity index is 1.55. The highest BCUT2D eigenvalue weighted by molar-refractivity contribution is 7.89. The van der Waals surface area contributed by atoms with Gasteiger partial charge in [-0.1, -0.05) is 48.0 Å². The van der Waals surface area contributed by atoms with Crippen molar-refractivity contribution in [2.75, 3.05) is 13.1 Å². The van der Waals surface area contributed by atoms with Gasteiger partial charge in [0, 0.05) is 31.5 Å². The number of hydrogen-bond acceptors (Lipinski definition) is 4. The van der Waals surface area contributed by atoms with Crippen LogP contribution in [-0.2, 0) is 14.8 Å². The number of aryl methyl sites for hydroxylation is 2. The maximum Gasteiger partial charge on any atom is 0.272 e. The quantitative estimate of drug-likeness (QED) is 0.864. The molecule has 4 rings (SSSR count). The van der Waals surface area contributed by atoms with Crippen molar-refractivity contribution in [2.24, 2.45) is 4.99 Å². The predicted octanol–water partition coefficient (Wildman–Crippen LogP) is 2.40. The average molecular weight is 398 g/mol. The molecule has 2 aliphatic rings. The highest BCUT2D eigenvalue weighted by atomic mass is 32.2. The van der Waals surface area contributed by atoms with Crippen molar-refractivity contribution in [1.29, 1.82) is 0 Å². The third-order valence-electron chi connectivity index (χ3n) is 5.43. The van der Waals surface area contributed by atoms with Crippen LogP contribution in [0.4, 0.5) is 0 Å². The molecule has 1 fully saturated rings. The van der Waals surface area contributed by atoms with Crippen molar-refractivity contribution in [3.8, 4) is 0 Å². The molecule has 7 heteroatoms. The summed E-state index contributed by atoms with van der Waals surface area (Å²) in [5, 5.41) is 2.98. The molecule has 2 aromatic rings. The second kappa shape index (κ2) is 6.83. The number of benzene rings is 2. The summed E-state index contributed by atoms with van der Waals surface area (Å²) in [6.07, 6.45) is 0.915. The highest BCUT2D eigenvalue weighted by Gasteiger charge is 2.44. The molecule has 0 aromatic heterocycles. The fraction of sp³-hybridized carbons (Fsp3) is 0.333. The first-order chi connectivity index (χ1) is 13.3. The molecule has 1 saturated heterocycles. The normalized spacial score (nSPS) is 19.5. The molecule has 1 N–H and O–H groups in total. The lowest BCUT2D eigenvalue weighted by atomic mass is 10.00. The third kappa shape index (κ3) is 3.25. The smallest absolute Gasteiger partial charge is 0.272 e. The Hall–Kier alpha value is -2.51. The zero-order valence-electron chi connectivity index (χ0n) is 16.0. The van der Waals surface area contributed by atoms with Crippen molar-refractivity contribution < 1.29 is 13.2 Å². The lowest BCUT2D eigenvalue weighted by Gasteiger charge is -2.36.